The van der Waals surface area contributed by atoms with Crippen LogP contribution in [-0.4, -0.2) is 56.5 Å². The van der Waals surface area contributed by atoms with Gasteiger partial charge in [0.05, 0.1) is 11.9 Å². The zero-order valence-corrected chi connectivity index (χ0v) is 14.5. The normalized spacial score (nSPS) is 11.7. The largest absolute Gasteiger partial charge is 1.00 e. The van der Waals surface area contributed by atoms with Crippen molar-refractivity contribution in [2.45, 2.75) is 12.2 Å². The molecular weight excluding hydrogens is 302 g/mol. The number of aliphatic hydroxyl groups excluding tert-OH is 2. The van der Waals surface area contributed by atoms with E-state index in [-0.39, 0.29) is 59.1 Å². The molecule has 0 aromatic heterocycles. The predicted molar refractivity (Wildman–Crippen MR) is 46.4 cm³/mol. The Labute approximate surface area is 156 Å². The summed E-state index contributed by atoms with van der Waals surface area (Å²) in [6, 6.07) is 0. The average molecular weight is 310 g/mol. The third-order valence-corrected chi connectivity index (χ3v) is 1.16. The second kappa shape index (κ2) is 14.9. The molecule has 0 spiro atoms. The van der Waals surface area contributed by atoms with Crippen molar-refractivity contribution in [3.05, 3.63) is 12.2 Å². The second-order valence-corrected chi connectivity index (χ2v) is 2.54. The molecule has 0 bridgehead atoms. The number of rotatable bonds is 5. The van der Waals surface area contributed by atoms with Crippen LogP contribution in [-0.2, 0) is 19.2 Å². The number of carboxylic acid groups (broad SMARTS) is 4. The number of aliphatic hydroxyl groups is 2. The van der Waals surface area contributed by atoms with Gasteiger partial charge in [-0.05, 0) is 12.2 Å². The number of carboxylic acids is 4. The Balaban J connectivity index is -0.000000119. The summed E-state index contributed by atoms with van der Waals surface area (Å²) >= 11 is 0. The summed E-state index contributed by atoms with van der Waals surface area (Å²) in [6.45, 7) is 0. The van der Waals surface area contributed by atoms with Crippen LogP contribution in [0.3, 0.4) is 0 Å². The molecule has 20 heavy (non-hydrogen) atoms. The van der Waals surface area contributed by atoms with E-state index >= 15 is 0 Å². The van der Waals surface area contributed by atoms with E-state index in [9.17, 15) is 29.4 Å². The number of hydrogen-bond donors (Lipinski definition) is 4. The molecule has 0 saturated carbocycles. The molecular formula is C8H8Na2O10. The Bertz CT molecular complexity index is 332. The number of hydrogen-bond acceptors (Lipinski definition) is 8. The first-order valence-electron chi connectivity index (χ1n) is 4.01. The van der Waals surface area contributed by atoms with Crippen molar-refractivity contribution in [1.82, 2.24) is 0 Å². The first kappa shape index (κ1) is 27.8. The van der Waals surface area contributed by atoms with E-state index in [0.717, 1.165) is 0 Å². The fourth-order valence-corrected chi connectivity index (χ4v) is 0.406. The number of aliphatic carboxylic acids is 4. The zero-order valence-electron chi connectivity index (χ0n) is 10.5. The van der Waals surface area contributed by atoms with Gasteiger partial charge in [0.15, 0.2) is 12.2 Å². The smallest absolute Gasteiger partial charge is 0.545 e. The molecule has 0 saturated heterocycles. The zero-order chi connectivity index (χ0) is 14.9. The van der Waals surface area contributed by atoms with E-state index in [4.69, 9.17) is 20.4 Å². The van der Waals surface area contributed by atoms with Gasteiger partial charge in [0, 0.05) is 0 Å². The van der Waals surface area contributed by atoms with Gasteiger partial charge in [-0.1, -0.05) is 0 Å². The molecule has 2 atom stereocenters. The first-order valence-corrected chi connectivity index (χ1v) is 4.01. The maximum absolute atomic E-state index is 9.77. The van der Waals surface area contributed by atoms with E-state index in [1.165, 1.54) is 0 Å². The summed E-state index contributed by atoms with van der Waals surface area (Å²) in [7, 11) is 0. The maximum atomic E-state index is 9.77. The van der Waals surface area contributed by atoms with Gasteiger partial charge in [-0.2, -0.15) is 0 Å². The second-order valence-electron chi connectivity index (χ2n) is 2.54. The van der Waals surface area contributed by atoms with Crippen LogP contribution < -0.4 is 69.3 Å². The van der Waals surface area contributed by atoms with Gasteiger partial charge in [0.25, 0.3) is 0 Å². The van der Waals surface area contributed by atoms with Gasteiger partial charge < -0.3 is 40.2 Å². The van der Waals surface area contributed by atoms with Crippen LogP contribution in [0.15, 0.2) is 12.2 Å². The van der Waals surface area contributed by atoms with Crippen LogP contribution in [0.5, 0.6) is 0 Å². The van der Waals surface area contributed by atoms with Crippen LogP contribution >= 0.6 is 0 Å². The Kier molecular flexibility index (Phi) is 20.8. The van der Waals surface area contributed by atoms with E-state index in [1.54, 1.807) is 0 Å². The average Bonchev–Trinajstić information content (AvgIpc) is 2.24. The van der Waals surface area contributed by atoms with Crippen LogP contribution in [0.1, 0.15) is 0 Å². The van der Waals surface area contributed by atoms with Gasteiger partial charge in [0.1, 0.15) is 0 Å². The Morgan fingerprint density at radius 1 is 0.750 bits per heavy atom. The van der Waals surface area contributed by atoms with Crippen LogP contribution in [0.2, 0.25) is 0 Å². The molecule has 0 radical (unpaired) electrons. The predicted octanol–water partition coefficient (Wildman–Crippen LogP) is -11.1. The molecule has 4 N–H and O–H groups in total. The molecule has 0 aliphatic heterocycles. The maximum Gasteiger partial charge on any atom is 1.00 e. The molecule has 10 nitrogen and oxygen atoms in total. The molecule has 0 rings (SSSR count). The molecule has 0 heterocycles. The van der Waals surface area contributed by atoms with Gasteiger partial charge >= 0.3 is 71.1 Å². The molecule has 102 valence electrons. The monoisotopic (exact) mass is 310 g/mol. The third-order valence-electron chi connectivity index (χ3n) is 1.16. The molecule has 0 aromatic rings. The van der Waals surface area contributed by atoms with Crippen molar-refractivity contribution < 1.29 is 109 Å². The fraction of sp³-hybridized carbons (Fsp3) is 0.250. The summed E-state index contributed by atoms with van der Waals surface area (Å²) in [5.74, 6) is -6.63. The molecule has 0 fully saturated rings. The number of carbonyl (C=O) groups excluding carboxylic acids is 2. The van der Waals surface area contributed by atoms with Gasteiger partial charge in [-0.15, -0.1) is 0 Å². The minimum absolute atomic E-state index is 0. The summed E-state index contributed by atoms with van der Waals surface area (Å²) < 4.78 is 0. The molecule has 2 unspecified atom stereocenters. The Hall–Kier alpha value is -0.460. The van der Waals surface area contributed by atoms with E-state index < -0.39 is 36.1 Å². The summed E-state index contributed by atoms with van der Waals surface area (Å²) in [4.78, 5) is 38.4. The SMILES string of the molecule is O=C(O)C(O)C(O)C(=O)O.O=C([O-])/C=C/C(=O)[O-].[Na+].[Na+]. The minimum atomic E-state index is -2.27. The first-order chi connectivity index (χ1) is 8.09. The van der Waals surface area contributed by atoms with Crippen LogP contribution in [0, 0.1) is 0 Å². The van der Waals surface area contributed by atoms with Crippen molar-refractivity contribution in [3.8, 4) is 0 Å². The van der Waals surface area contributed by atoms with Crippen LogP contribution in [0.4, 0.5) is 0 Å². The van der Waals surface area contributed by atoms with Gasteiger partial charge in [-0.3, -0.25) is 0 Å². The van der Waals surface area contributed by atoms with E-state index in [0.29, 0.717) is 12.2 Å². The Morgan fingerprint density at radius 2 is 0.950 bits per heavy atom. The molecule has 0 aliphatic carbocycles. The quantitative estimate of drug-likeness (QED) is 0.279. The molecule has 0 aromatic carbocycles. The summed E-state index contributed by atoms with van der Waals surface area (Å²) in [5, 5.41) is 51.4. The van der Waals surface area contributed by atoms with Crippen molar-refractivity contribution in [3.63, 3.8) is 0 Å². The summed E-state index contributed by atoms with van der Waals surface area (Å²) in [5.41, 5.74) is 0. The topological polar surface area (TPSA) is 195 Å². The third kappa shape index (κ3) is 17.5. The van der Waals surface area contributed by atoms with Gasteiger partial charge in [-0.25, -0.2) is 9.59 Å². The van der Waals surface area contributed by atoms with Crippen molar-refractivity contribution in [2.75, 3.05) is 0 Å². The Morgan fingerprint density at radius 3 is 1.05 bits per heavy atom. The minimum Gasteiger partial charge on any atom is -0.545 e. The van der Waals surface area contributed by atoms with Crippen molar-refractivity contribution >= 4 is 23.9 Å². The van der Waals surface area contributed by atoms with Crippen LogP contribution in [0.25, 0.3) is 0 Å². The summed E-state index contributed by atoms with van der Waals surface area (Å²) in [6.07, 6.45) is -3.76. The van der Waals surface area contributed by atoms with Gasteiger partial charge in [0.2, 0.25) is 0 Å². The van der Waals surface area contributed by atoms with E-state index in [1.807, 2.05) is 0 Å². The number of carbonyl (C=O) groups is 4. The van der Waals surface area contributed by atoms with E-state index in [2.05, 4.69) is 0 Å². The standard InChI is InChI=1S/C4H6O6.C4H4O4.2Na/c5-1(3(7)8)2(6)4(9)10;5-3(6)1-2-4(7)8;;/h1-2,5-6H,(H,7,8)(H,9,10);1-2H,(H,5,6)(H,7,8);;/q;;2*+1/p-2/b;2-1+;;. The molecule has 0 aliphatic rings. The fourth-order valence-electron chi connectivity index (χ4n) is 0.406. The van der Waals surface area contributed by atoms with Crippen molar-refractivity contribution in [1.29, 1.82) is 0 Å². The molecule has 12 heteroatoms. The van der Waals surface area contributed by atoms with Crippen molar-refractivity contribution in [2.24, 2.45) is 0 Å². The molecule has 0 amide bonds.